The van der Waals surface area contributed by atoms with Crippen LogP contribution in [0.4, 0.5) is 11.6 Å². The SMILES string of the molecule is COc1ccc(Oc2nc(C(C)C)nc(N(C)C)n2)c([N+](=O)[O-])c1. The van der Waals surface area contributed by atoms with Crippen LogP contribution in [-0.2, 0) is 0 Å². The molecule has 0 N–H and O–H groups in total. The zero-order chi connectivity index (χ0) is 17.9. The summed E-state index contributed by atoms with van der Waals surface area (Å²) >= 11 is 0. The third kappa shape index (κ3) is 3.86. The summed E-state index contributed by atoms with van der Waals surface area (Å²) in [5.74, 6) is 1.41. The van der Waals surface area contributed by atoms with Gasteiger partial charge in [-0.25, -0.2) is 0 Å². The topological polar surface area (TPSA) is 104 Å². The van der Waals surface area contributed by atoms with Gasteiger partial charge in [0.25, 0.3) is 0 Å². The Labute approximate surface area is 139 Å². The van der Waals surface area contributed by atoms with Gasteiger partial charge < -0.3 is 14.4 Å². The van der Waals surface area contributed by atoms with Crippen LogP contribution in [0, 0.1) is 10.1 Å². The van der Waals surface area contributed by atoms with Crippen molar-refractivity contribution in [1.82, 2.24) is 15.0 Å². The van der Waals surface area contributed by atoms with Crippen LogP contribution in [-0.4, -0.2) is 41.1 Å². The van der Waals surface area contributed by atoms with Crippen LogP contribution >= 0.6 is 0 Å². The molecule has 9 heteroatoms. The molecule has 2 aromatic rings. The van der Waals surface area contributed by atoms with Crippen LogP contribution in [0.5, 0.6) is 17.5 Å². The third-order valence-electron chi connectivity index (χ3n) is 3.10. The Morgan fingerprint density at radius 2 is 1.92 bits per heavy atom. The first-order valence-corrected chi connectivity index (χ1v) is 7.25. The largest absolute Gasteiger partial charge is 0.496 e. The van der Waals surface area contributed by atoms with Crippen molar-refractivity contribution in [2.75, 3.05) is 26.1 Å². The van der Waals surface area contributed by atoms with Gasteiger partial charge >= 0.3 is 11.7 Å². The summed E-state index contributed by atoms with van der Waals surface area (Å²) in [6.07, 6.45) is 0. The van der Waals surface area contributed by atoms with Gasteiger partial charge in [-0.15, -0.1) is 0 Å². The van der Waals surface area contributed by atoms with Crippen molar-refractivity contribution in [3.8, 4) is 17.5 Å². The molecule has 0 amide bonds. The highest BCUT2D eigenvalue weighted by Gasteiger charge is 2.20. The van der Waals surface area contributed by atoms with E-state index < -0.39 is 4.92 Å². The van der Waals surface area contributed by atoms with Gasteiger partial charge in [-0.3, -0.25) is 10.1 Å². The van der Waals surface area contributed by atoms with Crippen molar-refractivity contribution in [2.24, 2.45) is 0 Å². The first-order chi connectivity index (χ1) is 11.3. The van der Waals surface area contributed by atoms with Crippen molar-refractivity contribution >= 4 is 11.6 Å². The summed E-state index contributed by atoms with van der Waals surface area (Å²) in [5.41, 5.74) is -0.229. The van der Waals surface area contributed by atoms with Crippen LogP contribution in [0.3, 0.4) is 0 Å². The maximum atomic E-state index is 11.2. The Bertz CT molecular complexity index is 722. The average Bonchev–Trinajstić information content (AvgIpc) is 2.54. The highest BCUT2D eigenvalue weighted by molar-refractivity contribution is 5.52. The molecule has 0 aliphatic heterocycles. The first kappa shape index (κ1) is 17.4. The van der Waals surface area contributed by atoms with Gasteiger partial charge in [-0.05, 0) is 12.1 Å². The van der Waals surface area contributed by atoms with E-state index in [0.717, 1.165) is 0 Å². The van der Waals surface area contributed by atoms with Gasteiger partial charge in [0.2, 0.25) is 11.7 Å². The normalized spacial score (nSPS) is 10.6. The minimum Gasteiger partial charge on any atom is -0.496 e. The Morgan fingerprint density at radius 3 is 2.46 bits per heavy atom. The smallest absolute Gasteiger partial charge is 0.327 e. The molecule has 9 nitrogen and oxygen atoms in total. The molecule has 0 fully saturated rings. The first-order valence-electron chi connectivity index (χ1n) is 7.25. The molecule has 0 aliphatic rings. The second-order valence-corrected chi connectivity index (χ2v) is 5.52. The Balaban J connectivity index is 2.45. The average molecular weight is 333 g/mol. The van der Waals surface area contributed by atoms with Gasteiger partial charge in [0.15, 0.2) is 0 Å². The van der Waals surface area contributed by atoms with E-state index in [0.29, 0.717) is 17.5 Å². The van der Waals surface area contributed by atoms with Gasteiger partial charge in [-0.2, -0.15) is 15.0 Å². The predicted octanol–water partition coefficient (Wildman–Crippen LogP) is 2.77. The zero-order valence-electron chi connectivity index (χ0n) is 14.2. The Kier molecular flexibility index (Phi) is 5.12. The van der Waals surface area contributed by atoms with Crippen LogP contribution < -0.4 is 14.4 Å². The van der Waals surface area contributed by atoms with Crippen LogP contribution in [0.25, 0.3) is 0 Å². The predicted molar refractivity (Wildman–Crippen MR) is 88.0 cm³/mol. The number of aromatic nitrogens is 3. The van der Waals surface area contributed by atoms with Crippen LogP contribution in [0.1, 0.15) is 25.6 Å². The van der Waals surface area contributed by atoms with Gasteiger partial charge in [0, 0.05) is 20.0 Å². The number of anilines is 1. The van der Waals surface area contributed by atoms with E-state index in [1.165, 1.54) is 19.2 Å². The maximum absolute atomic E-state index is 11.2. The van der Waals surface area contributed by atoms with Crippen molar-refractivity contribution in [3.63, 3.8) is 0 Å². The number of nitrogens with zero attached hydrogens (tertiary/aromatic N) is 5. The highest BCUT2D eigenvalue weighted by atomic mass is 16.6. The minimum absolute atomic E-state index is 0.00525. The quantitative estimate of drug-likeness (QED) is 0.587. The van der Waals surface area contributed by atoms with Gasteiger partial charge in [-0.1, -0.05) is 13.8 Å². The molecule has 0 bridgehead atoms. The van der Waals surface area contributed by atoms with E-state index >= 15 is 0 Å². The molecule has 0 saturated carbocycles. The molecule has 128 valence electrons. The zero-order valence-corrected chi connectivity index (χ0v) is 14.2. The summed E-state index contributed by atoms with van der Waals surface area (Å²) in [4.78, 5) is 25.1. The lowest BCUT2D eigenvalue weighted by Crippen LogP contribution is -2.15. The maximum Gasteiger partial charge on any atom is 0.327 e. The van der Waals surface area contributed by atoms with E-state index in [1.54, 1.807) is 25.1 Å². The van der Waals surface area contributed by atoms with Crippen molar-refractivity contribution in [3.05, 3.63) is 34.1 Å². The number of nitro benzene ring substituents is 1. The molecular formula is C15H19N5O4. The van der Waals surface area contributed by atoms with E-state index in [2.05, 4.69) is 15.0 Å². The van der Waals surface area contributed by atoms with Gasteiger partial charge in [0.1, 0.15) is 11.6 Å². The van der Waals surface area contributed by atoms with E-state index in [4.69, 9.17) is 9.47 Å². The number of benzene rings is 1. The molecule has 0 radical (unpaired) electrons. The number of ether oxygens (including phenoxy) is 2. The molecule has 1 aromatic heterocycles. The molecule has 2 rings (SSSR count). The third-order valence-corrected chi connectivity index (χ3v) is 3.10. The molecular weight excluding hydrogens is 314 g/mol. The molecule has 1 aromatic carbocycles. The van der Waals surface area contributed by atoms with Crippen molar-refractivity contribution in [1.29, 1.82) is 0 Å². The second kappa shape index (κ2) is 7.07. The molecule has 1 heterocycles. The summed E-state index contributed by atoms with van der Waals surface area (Å²) in [7, 11) is 5.02. The number of methoxy groups -OCH3 is 1. The lowest BCUT2D eigenvalue weighted by molar-refractivity contribution is -0.385. The number of hydrogen-bond acceptors (Lipinski definition) is 8. The lowest BCUT2D eigenvalue weighted by atomic mass is 10.2. The van der Waals surface area contributed by atoms with E-state index in [-0.39, 0.29) is 23.4 Å². The number of hydrogen-bond donors (Lipinski definition) is 0. The van der Waals surface area contributed by atoms with Gasteiger partial charge in [0.05, 0.1) is 18.1 Å². The fourth-order valence-electron chi connectivity index (χ4n) is 1.82. The minimum atomic E-state index is -0.546. The molecule has 0 atom stereocenters. The molecule has 0 aliphatic carbocycles. The summed E-state index contributed by atoms with van der Waals surface area (Å²) in [6.45, 7) is 3.88. The molecule has 24 heavy (non-hydrogen) atoms. The fourth-order valence-corrected chi connectivity index (χ4v) is 1.82. The summed E-state index contributed by atoms with van der Waals surface area (Å²) in [5, 5.41) is 11.2. The summed E-state index contributed by atoms with van der Waals surface area (Å²) in [6, 6.07) is 4.31. The second-order valence-electron chi connectivity index (χ2n) is 5.52. The fraction of sp³-hybridized carbons (Fsp3) is 0.400. The van der Waals surface area contributed by atoms with E-state index in [1.807, 2.05) is 13.8 Å². The summed E-state index contributed by atoms with van der Waals surface area (Å²) < 4.78 is 10.6. The Morgan fingerprint density at radius 1 is 1.21 bits per heavy atom. The van der Waals surface area contributed by atoms with E-state index in [9.17, 15) is 10.1 Å². The van der Waals surface area contributed by atoms with Crippen molar-refractivity contribution < 1.29 is 14.4 Å². The van der Waals surface area contributed by atoms with Crippen molar-refractivity contribution in [2.45, 2.75) is 19.8 Å². The monoisotopic (exact) mass is 333 g/mol. The highest BCUT2D eigenvalue weighted by Crippen LogP contribution is 2.33. The lowest BCUT2D eigenvalue weighted by Gasteiger charge is -2.14. The number of nitro groups is 1. The molecule has 0 unspecified atom stereocenters. The number of rotatable bonds is 6. The molecule has 0 spiro atoms. The van der Waals surface area contributed by atoms with Crippen LogP contribution in [0.15, 0.2) is 18.2 Å². The van der Waals surface area contributed by atoms with Crippen LogP contribution in [0.2, 0.25) is 0 Å². The molecule has 0 saturated heterocycles. The standard InChI is InChI=1S/C15H19N5O4/c1-9(2)13-16-14(19(3)4)18-15(17-13)24-12-7-6-10(23-5)8-11(12)20(21)22/h6-9H,1-5H3. The Hall–Kier alpha value is -2.97.